The number of aromatic nitrogens is 3. The van der Waals surface area contributed by atoms with Crippen LogP contribution in [0, 0.1) is 6.92 Å². The number of hydrogen-bond acceptors (Lipinski definition) is 6. The van der Waals surface area contributed by atoms with Crippen LogP contribution in [0.25, 0.3) is 22.8 Å². The number of ether oxygens (including phenoxy) is 2. The largest absolute Gasteiger partial charge is 0.462 e. The molecular formula is C27H26N4O5. The van der Waals surface area contributed by atoms with Gasteiger partial charge in [-0.2, -0.15) is 4.99 Å². The van der Waals surface area contributed by atoms with Gasteiger partial charge in [-0.1, -0.05) is 36.4 Å². The molecule has 1 aromatic carbocycles. The molecule has 9 heteroatoms. The molecule has 3 aromatic heterocycles. The molecule has 0 aliphatic rings. The lowest BCUT2D eigenvalue weighted by atomic mass is 10.2. The number of aryl methyl sites for hydroxylation is 1. The molecule has 3 heterocycles. The van der Waals surface area contributed by atoms with E-state index < -0.39 is 11.9 Å². The first-order valence-electron chi connectivity index (χ1n) is 11.5. The monoisotopic (exact) mass is 486 g/mol. The fourth-order valence-electron chi connectivity index (χ4n) is 3.83. The summed E-state index contributed by atoms with van der Waals surface area (Å²) in [5, 5.41) is 0.198. The molecule has 0 unspecified atom stereocenters. The summed E-state index contributed by atoms with van der Waals surface area (Å²) in [6.07, 6.45) is 4.58. The Kier molecular flexibility index (Phi) is 7.50. The van der Waals surface area contributed by atoms with E-state index in [0.717, 1.165) is 11.1 Å². The van der Waals surface area contributed by atoms with E-state index in [0.29, 0.717) is 5.65 Å². The first kappa shape index (κ1) is 24.7. The van der Waals surface area contributed by atoms with Crippen molar-refractivity contribution in [2.24, 2.45) is 4.99 Å². The standard InChI is InChI=1S/C27H26N4O5/c1-4-36-27(34)21-17-20-24(29-23-18(2)9-8-14-31(23)26(20)33)30(15-16-35-3)25(21)28-22(32)13-12-19-10-6-5-7-11-19/h5-14,17H,4,15-16H2,1-3H3/b13-12-,28-25?. The number of hydrogen-bond donors (Lipinski definition) is 0. The van der Waals surface area contributed by atoms with Crippen molar-refractivity contribution in [2.75, 3.05) is 20.3 Å². The van der Waals surface area contributed by atoms with Crippen LogP contribution in [0.15, 0.2) is 70.6 Å². The van der Waals surface area contributed by atoms with E-state index in [1.807, 2.05) is 43.3 Å². The van der Waals surface area contributed by atoms with Crippen LogP contribution < -0.4 is 11.0 Å². The Morgan fingerprint density at radius 3 is 2.61 bits per heavy atom. The lowest BCUT2D eigenvalue weighted by Gasteiger charge is -2.15. The Bertz CT molecular complexity index is 1600. The zero-order chi connectivity index (χ0) is 25.7. The van der Waals surface area contributed by atoms with Crippen LogP contribution in [-0.4, -0.2) is 46.2 Å². The van der Waals surface area contributed by atoms with Crippen molar-refractivity contribution in [3.8, 4) is 0 Å². The molecule has 0 N–H and O–H groups in total. The summed E-state index contributed by atoms with van der Waals surface area (Å²) >= 11 is 0. The van der Waals surface area contributed by atoms with Gasteiger partial charge in [0.25, 0.3) is 11.5 Å². The molecule has 0 radical (unpaired) electrons. The summed E-state index contributed by atoms with van der Waals surface area (Å²) in [7, 11) is 1.53. The number of benzene rings is 1. The average molecular weight is 487 g/mol. The molecule has 36 heavy (non-hydrogen) atoms. The van der Waals surface area contributed by atoms with Crippen molar-refractivity contribution in [3.63, 3.8) is 0 Å². The molecule has 9 nitrogen and oxygen atoms in total. The normalized spacial score (nSPS) is 12.0. The Hall–Kier alpha value is -4.37. The van der Waals surface area contributed by atoms with Crippen LogP contribution in [-0.2, 0) is 20.8 Å². The lowest BCUT2D eigenvalue weighted by Crippen LogP contribution is -2.33. The summed E-state index contributed by atoms with van der Waals surface area (Å²) < 4.78 is 13.5. The molecule has 184 valence electrons. The van der Waals surface area contributed by atoms with Gasteiger partial charge in [-0.15, -0.1) is 0 Å². The molecule has 0 aliphatic carbocycles. The Labute approximate surface area is 207 Å². The first-order valence-corrected chi connectivity index (χ1v) is 11.5. The second-order valence-corrected chi connectivity index (χ2v) is 7.98. The predicted octanol–water partition coefficient (Wildman–Crippen LogP) is 2.92. The zero-order valence-corrected chi connectivity index (χ0v) is 20.3. The SMILES string of the molecule is CCOC(=O)c1cc2c(=O)n3cccc(C)c3nc2n(CCOC)c1=NC(=O)/C=C\c1ccccc1. The van der Waals surface area contributed by atoms with Crippen LogP contribution in [0.3, 0.4) is 0 Å². The predicted molar refractivity (Wildman–Crippen MR) is 136 cm³/mol. The third-order valence-corrected chi connectivity index (χ3v) is 5.55. The summed E-state index contributed by atoms with van der Waals surface area (Å²) in [5.74, 6) is -1.28. The van der Waals surface area contributed by atoms with Crippen molar-refractivity contribution in [3.05, 3.63) is 93.3 Å². The molecule has 4 aromatic rings. The smallest absolute Gasteiger partial charge is 0.341 e. The van der Waals surface area contributed by atoms with E-state index >= 15 is 0 Å². The molecule has 0 spiro atoms. The van der Waals surface area contributed by atoms with E-state index in [-0.39, 0.29) is 47.4 Å². The molecule has 0 saturated carbocycles. The Morgan fingerprint density at radius 1 is 1.11 bits per heavy atom. The Morgan fingerprint density at radius 2 is 1.89 bits per heavy atom. The zero-order valence-electron chi connectivity index (χ0n) is 20.3. The van der Waals surface area contributed by atoms with Gasteiger partial charge in [-0.25, -0.2) is 9.78 Å². The maximum atomic E-state index is 13.4. The molecule has 0 aliphatic heterocycles. The number of esters is 1. The number of methoxy groups -OCH3 is 1. The molecule has 4 rings (SSSR count). The molecular weight excluding hydrogens is 460 g/mol. The van der Waals surface area contributed by atoms with Crippen LogP contribution in [0.5, 0.6) is 0 Å². The number of fused-ring (bicyclic) bond motifs is 2. The number of rotatable bonds is 7. The van der Waals surface area contributed by atoms with E-state index in [9.17, 15) is 14.4 Å². The number of pyridine rings is 2. The molecule has 0 saturated heterocycles. The highest BCUT2D eigenvalue weighted by Gasteiger charge is 2.20. The van der Waals surface area contributed by atoms with E-state index in [1.165, 1.54) is 23.7 Å². The van der Waals surface area contributed by atoms with Gasteiger partial charge in [0.05, 0.1) is 18.6 Å². The van der Waals surface area contributed by atoms with Gasteiger partial charge in [0.2, 0.25) is 0 Å². The van der Waals surface area contributed by atoms with Gasteiger partial charge in [-0.3, -0.25) is 14.0 Å². The van der Waals surface area contributed by atoms with Gasteiger partial charge in [0.15, 0.2) is 5.49 Å². The second-order valence-electron chi connectivity index (χ2n) is 7.98. The number of carbonyl (C=O) groups is 2. The third kappa shape index (κ3) is 5.01. The quantitative estimate of drug-likeness (QED) is 0.226. The van der Waals surface area contributed by atoms with Crippen LogP contribution >= 0.6 is 0 Å². The van der Waals surface area contributed by atoms with Gasteiger partial charge in [0.1, 0.15) is 16.9 Å². The van der Waals surface area contributed by atoms with Crippen LogP contribution in [0.4, 0.5) is 0 Å². The highest BCUT2D eigenvalue weighted by Crippen LogP contribution is 2.14. The fraction of sp³-hybridized carbons (Fsp3) is 0.222. The highest BCUT2D eigenvalue weighted by atomic mass is 16.5. The van der Waals surface area contributed by atoms with Crippen molar-refractivity contribution in [2.45, 2.75) is 20.4 Å². The first-order chi connectivity index (χ1) is 17.4. The number of amides is 1. The van der Waals surface area contributed by atoms with Crippen molar-refractivity contribution in [1.29, 1.82) is 0 Å². The summed E-state index contributed by atoms with van der Waals surface area (Å²) in [6, 6.07) is 14.3. The average Bonchev–Trinajstić information content (AvgIpc) is 2.88. The minimum Gasteiger partial charge on any atom is -0.462 e. The van der Waals surface area contributed by atoms with Crippen molar-refractivity contribution < 1.29 is 19.1 Å². The van der Waals surface area contributed by atoms with Crippen molar-refractivity contribution in [1.82, 2.24) is 14.0 Å². The topological polar surface area (TPSA) is 104 Å². The minimum absolute atomic E-state index is 0.00610. The van der Waals surface area contributed by atoms with Crippen LogP contribution in [0.1, 0.15) is 28.4 Å². The van der Waals surface area contributed by atoms with Crippen molar-refractivity contribution >= 4 is 34.6 Å². The van der Waals surface area contributed by atoms with E-state index in [2.05, 4.69) is 4.99 Å². The molecule has 1 amide bonds. The van der Waals surface area contributed by atoms with Crippen LogP contribution in [0.2, 0.25) is 0 Å². The Balaban J connectivity index is 2.04. The van der Waals surface area contributed by atoms with Gasteiger partial charge in [0, 0.05) is 25.9 Å². The lowest BCUT2D eigenvalue weighted by molar-refractivity contribution is -0.113. The van der Waals surface area contributed by atoms with E-state index in [4.69, 9.17) is 14.5 Å². The third-order valence-electron chi connectivity index (χ3n) is 5.55. The minimum atomic E-state index is -0.696. The number of nitrogens with zero attached hydrogens (tertiary/aromatic N) is 4. The molecule has 0 bridgehead atoms. The highest BCUT2D eigenvalue weighted by molar-refractivity contribution is 5.96. The summed E-state index contributed by atoms with van der Waals surface area (Å²) in [5.41, 5.74) is 2.07. The number of carbonyl (C=O) groups excluding carboxylic acids is 2. The maximum Gasteiger partial charge on any atom is 0.341 e. The summed E-state index contributed by atoms with van der Waals surface area (Å²) in [4.78, 5) is 48.2. The fourth-order valence-corrected chi connectivity index (χ4v) is 3.83. The van der Waals surface area contributed by atoms with Gasteiger partial charge < -0.3 is 14.0 Å². The van der Waals surface area contributed by atoms with Gasteiger partial charge in [-0.05, 0) is 43.2 Å². The van der Waals surface area contributed by atoms with Gasteiger partial charge >= 0.3 is 5.97 Å². The maximum absolute atomic E-state index is 13.4. The molecule has 0 fully saturated rings. The summed E-state index contributed by atoms with van der Waals surface area (Å²) in [6.45, 7) is 4.07. The second kappa shape index (κ2) is 10.9. The molecule has 0 atom stereocenters. The van der Waals surface area contributed by atoms with E-state index in [1.54, 1.807) is 29.8 Å².